The highest BCUT2D eigenvalue weighted by atomic mass is 32.2. The lowest BCUT2D eigenvalue weighted by atomic mass is 10.0. The average Bonchev–Trinajstić information content (AvgIpc) is 3.30. The number of pyridine rings is 1. The van der Waals surface area contributed by atoms with Crippen molar-refractivity contribution in [3.63, 3.8) is 0 Å². The van der Waals surface area contributed by atoms with Gasteiger partial charge in [-0.15, -0.1) is 0 Å². The first kappa shape index (κ1) is 30.6. The molecule has 5 aromatic rings. The number of sulfonamides is 1. The third-order valence-corrected chi connectivity index (χ3v) is 8.60. The maximum absolute atomic E-state index is 13.5. The number of methoxy groups -OCH3 is 1. The van der Waals surface area contributed by atoms with Crippen molar-refractivity contribution in [3.05, 3.63) is 89.5 Å². The van der Waals surface area contributed by atoms with E-state index in [0.29, 0.717) is 28.5 Å². The molecule has 0 saturated heterocycles. The van der Waals surface area contributed by atoms with E-state index in [9.17, 15) is 22.7 Å². The number of carbonyl (C=O) groups excluding carboxylic acids is 1. The van der Waals surface area contributed by atoms with E-state index in [4.69, 9.17) is 14.5 Å². The third kappa shape index (κ3) is 6.11. The van der Waals surface area contributed by atoms with Gasteiger partial charge in [-0.2, -0.15) is 0 Å². The fraction of sp³-hybridized carbons (Fsp3) is 0.250. The number of aromatic hydroxyl groups is 1. The van der Waals surface area contributed by atoms with Gasteiger partial charge in [-0.05, 0) is 53.4 Å². The molecule has 0 radical (unpaired) electrons. The Bertz CT molecular complexity index is 1960. The maximum atomic E-state index is 13.5. The Labute approximate surface area is 254 Å². The van der Waals surface area contributed by atoms with Crippen molar-refractivity contribution < 1.29 is 32.2 Å². The van der Waals surface area contributed by atoms with Gasteiger partial charge in [-0.25, -0.2) is 12.8 Å². The molecule has 2 heterocycles. The Hall–Kier alpha value is -4.84. The maximum Gasteiger partial charge on any atom is 0.242 e. The second-order valence-corrected chi connectivity index (χ2v) is 12.8. The van der Waals surface area contributed by atoms with Gasteiger partial charge >= 0.3 is 0 Å². The van der Waals surface area contributed by atoms with Gasteiger partial charge in [0.05, 0.1) is 24.4 Å². The highest BCUT2D eigenvalue weighted by molar-refractivity contribution is 7.92. The number of anilines is 1. The first-order valence-corrected chi connectivity index (χ1v) is 15.5. The Morgan fingerprint density at radius 2 is 1.66 bits per heavy atom. The van der Waals surface area contributed by atoms with E-state index in [2.05, 4.69) is 0 Å². The van der Waals surface area contributed by atoms with Crippen molar-refractivity contribution in [2.75, 3.05) is 38.8 Å². The molecule has 3 aromatic carbocycles. The number of hydrogen-bond acceptors (Lipinski definition) is 7. The smallest absolute Gasteiger partial charge is 0.242 e. The largest absolute Gasteiger partial charge is 0.497 e. The number of hydrogen-bond donors (Lipinski definition) is 1. The highest BCUT2D eigenvalue weighted by Gasteiger charge is 2.28. The molecule has 0 fully saturated rings. The number of carbonyl (C=O) groups is 1. The van der Waals surface area contributed by atoms with Gasteiger partial charge in [0.25, 0.3) is 0 Å². The van der Waals surface area contributed by atoms with Crippen molar-refractivity contribution in [3.8, 4) is 17.4 Å². The SMILES string of the molecule is COc1ccc(COc2c3ncc(Cc4ccc(F)cc4)cc3c(N(C)S(C)(=O)=O)c3cn(CC(=O)N(C)C)c(O)c23)cc1. The van der Waals surface area contributed by atoms with Gasteiger partial charge in [0, 0.05) is 44.3 Å². The molecule has 0 spiro atoms. The molecule has 0 aliphatic heterocycles. The van der Waals surface area contributed by atoms with Crippen LogP contribution in [0.25, 0.3) is 21.7 Å². The van der Waals surface area contributed by atoms with E-state index >= 15 is 0 Å². The fourth-order valence-electron chi connectivity index (χ4n) is 4.95. The van der Waals surface area contributed by atoms with E-state index in [0.717, 1.165) is 27.3 Å². The van der Waals surface area contributed by atoms with Crippen LogP contribution in [-0.2, 0) is 34.4 Å². The van der Waals surface area contributed by atoms with Crippen LogP contribution in [0.1, 0.15) is 16.7 Å². The Kier molecular flexibility index (Phi) is 8.38. The lowest BCUT2D eigenvalue weighted by Crippen LogP contribution is -2.26. The number of halogens is 1. The number of amides is 1. The molecule has 0 saturated carbocycles. The Morgan fingerprint density at radius 1 is 1.00 bits per heavy atom. The number of fused-ring (bicyclic) bond motifs is 2. The van der Waals surface area contributed by atoms with Gasteiger partial charge in [-0.1, -0.05) is 24.3 Å². The van der Waals surface area contributed by atoms with Crippen LogP contribution in [0.5, 0.6) is 17.4 Å². The topological polar surface area (TPSA) is 114 Å². The van der Waals surface area contributed by atoms with Crippen LogP contribution in [0, 0.1) is 5.82 Å². The lowest BCUT2D eigenvalue weighted by molar-refractivity contribution is -0.129. The van der Waals surface area contributed by atoms with Crippen LogP contribution in [0.3, 0.4) is 0 Å². The molecule has 0 bridgehead atoms. The summed E-state index contributed by atoms with van der Waals surface area (Å²) in [6, 6.07) is 15.2. The molecule has 1 amide bonds. The first-order valence-electron chi connectivity index (χ1n) is 13.7. The standard InChI is InChI=1S/C32H33FN4O6S/c1-35(2)27(38)18-37-17-26-28(32(37)39)31(43-19-21-8-12-24(42-4)13-9-21)29-25(30(26)36(3)44(5,40)41)15-22(16-34-29)14-20-6-10-23(33)11-7-20/h6-13,15-17,39H,14,18-19H2,1-5H3. The molecule has 1 N–H and O–H groups in total. The lowest BCUT2D eigenvalue weighted by Gasteiger charge is -2.22. The number of aromatic nitrogens is 2. The van der Waals surface area contributed by atoms with E-state index in [1.54, 1.807) is 57.9 Å². The highest BCUT2D eigenvalue weighted by Crippen LogP contribution is 2.47. The molecule has 0 unspecified atom stereocenters. The molecule has 10 nitrogen and oxygen atoms in total. The van der Waals surface area contributed by atoms with E-state index in [1.807, 2.05) is 18.2 Å². The summed E-state index contributed by atoms with van der Waals surface area (Å²) in [6.45, 7) is -0.0806. The summed E-state index contributed by atoms with van der Waals surface area (Å²) in [5.74, 6) is 0.0371. The summed E-state index contributed by atoms with van der Waals surface area (Å²) in [7, 11) is 2.43. The minimum Gasteiger partial charge on any atom is -0.497 e. The monoisotopic (exact) mass is 620 g/mol. The molecule has 12 heteroatoms. The molecular formula is C32H33FN4O6S. The van der Waals surface area contributed by atoms with Crippen LogP contribution in [-0.4, -0.2) is 68.4 Å². The molecule has 2 aromatic heterocycles. The number of rotatable bonds is 10. The summed E-state index contributed by atoms with van der Waals surface area (Å²) >= 11 is 0. The van der Waals surface area contributed by atoms with Crippen molar-refractivity contribution in [1.29, 1.82) is 0 Å². The summed E-state index contributed by atoms with van der Waals surface area (Å²) < 4.78 is 53.5. The van der Waals surface area contributed by atoms with Gasteiger partial charge in [0.15, 0.2) is 5.75 Å². The minimum absolute atomic E-state index is 0.107. The van der Waals surface area contributed by atoms with Crippen molar-refractivity contribution >= 4 is 43.3 Å². The van der Waals surface area contributed by atoms with Crippen LogP contribution in [0.15, 0.2) is 67.0 Å². The molecule has 5 rings (SSSR count). The molecule has 230 valence electrons. The zero-order chi connectivity index (χ0) is 31.8. The van der Waals surface area contributed by atoms with Crippen molar-refractivity contribution in [2.24, 2.45) is 0 Å². The van der Waals surface area contributed by atoms with Crippen LogP contribution in [0.4, 0.5) is 10.1 Å². The molecular weight excluding hydrogens is 587 g/mol. The van der Waals surface area contributed by atoms with Gasteiger partial charge in [-0.3, -0.25) is 14.1 Å². The van der Waals surface area contributed by atoms with Crippen molar-refractivity contribution in [1.82, 2.24) is 14.5 Å². The zero-order valence-corrected chi connectivity index (χ0v) is 25.9. The second kappa shape index (κ2) is 12.0. The molecule has 0 aliphatic carbocycles. The molecule has 44 heavy (non-hydrogen) atoms. The van der Waals surface area contributed by atoms with Crippen LogP contribution in [0.2, 0.25) is 0 Å². The van der Waals surface area contributed by atoms with Crippen LogP contribution >= 0.6 is 0 Å². The number of nitrogens with zero attached hydrogens (tertiary/aromatic N) is 4. The van der Waals surface area contributed by atoms with Gasteiger partial charge in [0.2, 0.25) is 21.8 Å². The first-order chi connectivity index (χ1) is 20.9. The van der Waals surface area contributed by atoms with Gasteiger partial charge < -0.3 is 24.0 Å². The summed E-state index contributed by atoms with van der Waals surface area (Å²) in [5, 5.41) is 12.5. The van der Waals surface area contributed by atoms with Crippen LogP contribution < -0.4 is 13.8 Å². The van der Waals surface area contributed by atoms with Crippen molar-refractivity contribution in [2.45, 2.75) is 19.6 Å². The predicted octanol–water partition coefficient (Wildman–Crippen LogP) is 4.70. The second-order valence-electron chi connectivity index (χ2n) is 10.7. The quantitative estimate of drug-likeness (QED) is 0.241. The van der Waals surface area contributed by atoms with E-state index < -0.39 is 10.0 Å². The molecule has 0 aliphatic rings. The number of benzene rings is 3. The zero-order valence-electron chi connectivity index (χ0n) is 25.0. The predicted molar refractivity (Wildman–Crippen MR) is 167 cm³/mol. The summed E-state index contributed by atoms with van der Waals surface area (Å²) in [5.41, 5.74) is 3.01. The third-order valence-electron chi connectivity index (χ3n) is 7.43. The normalized spacial score (nSPS) is 11.6. The number of ether oxygens (including phenoxy) is 2. The Morgan fingerprint density at radius 3 is 2.27 bits per heavy atom. The molecule has 0 atom stereocenters. The summed E-state index contributed by atoms with van der Waals surface area (Å²) in [6.07, 6.45) is 4.69. The summed E-state index contributed by atoms with van der Waals surface area (Å²) in [4.78, 5) is 18.8. The Balaban J connectivity index is 1.76. The number of likely N-dealkylation sites (N-methyl/N-ethyl adjacent to an activating group) is 1. The van der Waals surface area contributed by atoms with E-state index in [1.165, 1.54) is 28.6 Å². The van der Waals surface area contributed by atoms with Gasteiger partial charge in [0.1, 0.15) is 30.2 Å². The average molecular weight is 621 g/mol. The fourth-order valence-corrected chi connectivity index (χ4v) is 5.48. The minimum atomic E-state index is -3.78. The van der Waals surface area contributed by atoms with E-state index in [-0.39, 0.29) is 47.6 Å².